The monoisotopic (exact) mass is 564 g/mol. The summed E-state index contributed by atoms with van der Waals surface area (Å²) in [6.07, 6.45) is 0.329. The number of hydrogen-bond acceptors (Lipinski definition) is 10. The molecule has 2 heterocycles. The SMILES string of the molecule is CC(C)C[C@H](NC(=O)OCC1CN(S(C)(=O)=O)C1)C(=O)N[C@@H](C[C@H]1CCNC1=O)C(O)S(=O)(=O)[O-].[Na+]. The third-order valence-corrected chi connectivity index (χ3v) is 7.98. The van der Waals surface area contributed by atoms with Crippen molar-refractivity contribution in [1.82, 2.24) is 20.3 Å². The summed E-state index contributed by atoms with van der Waals surface area (Å²) in [5.41, 5.74) is -2.48. The number of carbonyl (C=O) groups excluding carboxylic acids is 3. The van der Waals surface area contributed by atoms with Crippen molar-refractivity contribution in [3.8, 4) is 0 Å². The first kappa shape index (κ1) is 33.0. The second-order valence-electron chi connectivity index (χ2n) is 9.38. The van der Waals surface area contributed by atoms with Crippen LogP contribution in [0.15, 0.2) is 0 Å². The molecule has 1 unspecified atom stereocenters. The number of hydrogen-bond donors (Lipinski definition) is 4. The number of aliphatic hydroxyl groups is 1. The van der Waals surface area contributed by atoms with Gasteiger partial charge in [0.05, 0.1) is 18.9 Å². The Hall–Kier alpha value is -1.01. The molecular weight excluding hydrogens is 531 g/mol. The Bertz CT molecular complexity index is 1000. The first-order valence-corrected chi connectivity index (χ1v) is 14.5. The smallest absolute Gasteiger partial charge is 0.746 e. The molecule has 2 saturated heterocycles. The van der Waals surface area contributed by atoms with Crippen molar-refractivity contribution in [3.05, 3.63) is 0 Å². The number of nitrogens with zero attached hydrogens (tertiary/aromatic N) is 1. The molecule has 4 atom stereocenters. The fourth-order valence-electron chi connectivity index (χ4n) is 3.89. The Morgan fingerprint density at radius 1 is 1.22 bits per heavy atom. The van der Waals surface area contributed by atoms with Crippen LogP contribution in [0, 0.1) is 17.8 Å². The molecule has 0 aromatic carbocycles. The van der Waals surface area contributed by atoms with Crippen LogP contribution >= 0.6 is 0 Å². The van der Waals surface area contributed by atoms with Crippen LogP contribution in [0.5, 0.6) is 0 Å². The van der Waals surface area contributed by atoms with Gasteiger partial charge in [0.25, 0.3) is 0 Å². The molecule has 202 valence electrons. The van der Waals surface area contributed by atoms with Gasteiger partial charge in [0.2, 0.25) is 21.8 Å². The first-order chi connectivity index (χ1) is 16.1. The van der Waals surface area contributed by atoms with Crippen molar-refractivity contribution in [2.75, 3.05) is 32.5 Å². The van der Waals surface area contributed by atoms with Crippen LogP contribution in [0.25, 0.3) is 0 Å². The number of alkyl carbamates (subject to hydrolysis) is 1. The maximum absolute atomic E-state index is 12.9. The van der Waals surface area contributed by atoms with Crippen LogP contribution in [-0.4, -0.2) is 98.7 Å². The van der Waals surface area contributed by atoms with Crippen LogP contribution in [0.1, 0.15) is 33.1 Å². The van der Waals surface area contributed by atoms with Gasteiger partial charge in [-0.25, -0.2) is 25.9 Å². The number of aliphatic hydroxyl groups excluding tert-OH is 1. The Kier molecular flexibility index (Phi) is 12.6. The number of nitrogens with one attached hydrogen (secondary N) is 3. The molecule has 3 amide bonds. The molecule has 4 N–H and O–H groups in total. The van der Waals surface area contributed by atoms with Crippen LogP contribution in [0.2, 0.25) is 0 Å². The van der Waals surface area contributed by atoms with Crippen LogP contribution in [0.3, 0.4) is 0 Å². The maximum atomic E-state index is 12.9. The minimum absolute atomic E-state index is 0. The number of rotatable bonds is 12. The van der Waals surface area contributed by atoms with Gasteiger partial charge in [0, 0.05) is 31.5 Å². The Morgan fingerprint density at radius 3 is 2.31 bits per heavy atom. The van der Waals surface area contributed by atoms with Gasteiger partial charge < -0.3 is 30.3 Å². The van der Waals surface area contributed by atoms with E-state index in [4.69, 9.17) is 4.74 Å². The second kappa shape index (κ2) is 13.7. The number of amides is 3. The molecule has 0 aromatic rings. The summed E-state index contributed by atoms with van der Waals surface area (Å²) in [5, 5.41) is 17.3. The van der Waals surface area contributed by atoms with Gasteiger partial charge in [-0.05, 0) is 25.2 Å². The van der Waals surface area contributed by atoms with E-state index >= 15 is 0 Å². The average molecular weight is 565 g/mol. The summed E-state index contributed by atoms with van der Waals surface area (Å²) in [5.74, 6) is -2.22. The van der Waals surface area contributed by atoms with Gasteiger partial charge in [0.15, 0.2) is 5.44 Å². The Labute approximate surface area is 233 Å². The fraction of sp³-hybridized carbons (Fsp3) is 0.842. The minimum atomic E-state index is -5.21. The van der Waals surface area contributed by atoms with Crippen LogP contribution < -0.4 is 45.5 Å². The van der Waals surface area contributed by atoms with Gasteiger partial charge in [-0.1, -0.05) is 13.8 Å². The quantitative estimate of drug-likeness (QED) is 0.131. The molecule has 36 heavy (non-hydrogen) atoms. The molecule has 2 rings (SSSR count). The summed E-state index contributed by atoms with van der Waals surface area (Å²) in [7, 11) is -8.52. The summed E-state index contributed by atoms with van der Waals surface area (Å²) in [4.78, 5) is 37.1. The zero-order valence-electron chi connectivity index (χ0n) is 20.8. The van der Waals surface area contributed by atoms with E-state index in [1.165, 1.54) is 4.31 Å². The Morgan fingerprint density at radius 2 is 1.83 bits per heavy atom. The van der Waals surface area contributed by atoms with Gasteiger partial charge in [0.1, 0.15) is 16.2 Å². The topological polar surface area (TPSA) is 211 Å². The normalized spacial score (nSPS) is 21.5. The van der Waals surface area contributed by atoms with Crippen molar-refractivity contribution >= 4 is 38.0 Å². The second-order valence-corrected chi connectivity index (χ2v) is 12.8. The molecule has 14 nitrogen and oxygen atoms in total. The van der Waals surface area contributed by atoms with E-state index in [0.717, 1.165) is 6.26 Å². The first-order valence-electron chi connectivity index (χ1n) is 11.2. The molecule has 0 saturated carbocycles. The number of sulfonamides is 1. The van der Waals surface area contributed by atoms with Crippen molar-refractivity contribution < 1.29 is 75.2 Å². The molecular formula is C19H33N4NaO10S2. The molecule has 0 spiro atoms. The van der Waals surface area contributed by atoms with E-state index in [1.54, 1.807) is 13.8 Å². The molecule has 2 aliphatic heterocycles. The number of ether oxygens (including phenoxy) is 1. The minimum Gasteiger partial charge on any atom is -0.746 e. The summed E-state index contributed by atoms with van der Waals surface area (Å²) >= 11 is 0. The largest absolute Gasteiger partial charge is 1.00 e. The average Bonchev–Trinajstić information content (AvgIpc) is 3.07. The van der Waals surface area contributed by atoms with E-state index < -0.39 is 55.6 Å². The van der Waals surface area contributed by atoms with E-state index in [9.17, 15) is 40.9 Å². The molecule has 0 aliphatic carbocycles. The van der Waals surface area contributed by atoms with Gasteiger partial charge in [-0.15, -0.1) is 0 Å². The van der Waals surface area contributed by atoms with E-state index in [0.29, 0.717) is 13.0 Å². The van der Waals surface area contributed by atoms with Crippen molar-refractivity contribution in [2.45, 2.75) is 50.6 Å². The zero-order chi connectivity index (χ0) is 26.6. The molecule has 0 radical (unpaired) electrons. The summed E-state index contributed by atoms with van der Waals surface area (Å²) in [6.45, 7) is 4.24. The molecule has 2 fully saturated rings. The molecule has 0 bridgehead atoms. The summed E-state index contributed by atoms with van der Waals surface area (Å²) < 4.78 is 63.4. The van der Waals surface area contributed by atoms with Crippen molar-refractivity contribution in [1.29, 1.82) is 0 Å². The van der Waals surface area contributed by atoms with Gasteiger partial charge in [-0.2, -0.15) is 0 Å². The molecule has 0 aromatic heterocycles. The third-order valence-electron chi connectivity index (χ3n) is 5.83. The summed E-state index contributed by atoms with van der Waals surface area (Å²) in [6, 6.07) is -2.75. The molecule has 2 aliphatic rings. The van der Waals surface area contributed by atoms with E-state index in [-0.39, 0.29) is 79.8 Å². The molecule has 17 heteroatoms. The van der Waals surface area contributed by atoms with Crippen LogP contribution in [-0.2, 0) is 34.5 Å². The maximum Gasteiger partial charge on any atom is 1.00 e. The third kappa shape index (κ3) is 10.0. The van der Waals surface area contributed by atoms with Gasteiger partial charge in [-0.3, -0.25) is 9.59 Å². The van der Waals surface area contributed by atoms with Gasteiger partial charge >= 0.3 is 35.7 Å². The van der Waals surface area contributed by atoms with E-state index in [1.807, 2.05) is 0 Å². The number of carbonyl (C=O) groups is 3. The zero-order valence-corrected chi connectivity index (χ0v) is 24.4. The standard InChI is InChI=1S/C19H34N4O10S2.Na/c1-11(2)6-14(22-19(27)33-10-12-8-23(9-12)34(3,28)29)17(25)21-15(18(26)35(30,31)32)7-13-4-5-20-16(13)24;/h11-15,18,26H,4-10H2,1-3H3,(H,20,24)(H,21,25)(H,22,27)(H,30,31,32);/q;+1/p-1/t13-,14+,15+,18?;/m1./s1. The van der Waals surface area contributed by atoms with Crippen LogP contribution in [0.4, 0.5) is 4.79 Å². The van der Waals surface area contributed by atoms with Crippen molar-refractivity contribution in [3.63, 3.8) is 0 Å². The Balaban J connectivity index is 0.00000648. The van der Waals surface area contributed by atoms with E-state index in [2.05, 4.69) is 16.0 Å². The predicted molar refractivity (Wildman–Crippen MR) is 121 cm³/mol. The van der Waals surface area contributed by atoms with Crippen molar-refractivity contribution in [2.24, 2.45) is 17.8 Å². The predicted octanol–water partition coefficient (Wildman–Crippen LogP) is -5.10. The fourth-order valence-corrected chi connectivity index (χ4v) is 5.43.